The Morgan fingerprint density at radius 2 is 2.03 bits per heavy atom. The fourth-order valence-electron chi connectivity index (χ4n) is 4.88. The van der Waals surface area contributed by atoms with Crippen LogP contribution in [-0.2, 0) is 14.2 Å². The molecule has 13 heteroatoms. The number of carbonyl (C=O) groups excluding carboxylic acids is 2. The number of aromatic nitrogens is 2. The molecule has 4 heterocycles. The summed E-state index contributed by atoms with van der Waals surface area (Å²) in [4.78, 5) is 38.0. The standard InChI is InChI=1S/C25H31Cl2N5O5S/c1-4-37-24(34)23-21(16(12-28)31-7-9-36-10-8-31)30-25(38-23)32-6-5-15(18(13-32)35-3)11-17(33)22-20(27)19(26)14(2)29-22/h15-16,18,29H,4-11,13H2,1-3H3. The minimum absolute atomic E-state index is 0.0358. The lowest BCUT2D eigenvalue weighted by Gasteiger charge is -2.37. The summed E-state index contributed by atoms with van der Waals surface area (Å²) in [5.74, 6) is -0.638. The zero-order valence-electron chi connectivity index (χ0n) is 21.6. The third-order valence-corrected chi connectivity index (χ3v) is 9.00. The van der Waals surface area contributed by atoms with Gasteiger partial charge in [0.05, 0.1) is 42.0 Å². The summed E-state index contributed by atoms with van der Waals surface area (Å²) >= 11 is 13.6. The van der Waals surface area contributed by atoms with Crippen molar-refractivity contribution >= 4 is 51.4 Å². The molecule has 0 saturated carbocycles. The van der Waals surface area contributed by atoms with Gasteiger partial charge in [0.25, 0.3) is 0 Å². The second-order valence-electron chi connectivity index (χ2n) is 9.26. The Hall–Kier alpha value is -2.20. The first-order valence-corrected chi connectivity index (χ1v) is 14.1. The highest BCUT2D eigenvalue weighted by Gasteiger charge is 2.36. The lowest BCUT2D eigenvalue weighted by atomic mass is 9.88. The number of piperidine rings is 1. The van der Waals surface area contributed by atoms with E-state index in [9.17, 15) is 14.9 Å². The van der Waals surface area contributed by atoms with Crippen LogP contribution >= 0.6 is 34.5 Å². The predicted molar refractivity (Wildman–Crippen MR) is 144 cm³/mol. The van der Waals surface area contributed by atoms with Gasteiger partial charge in [-0.15, -0.1) is 0 Å². The summed E-state index contributed by atoms with van der Waals surface area (Å²) in [6.45, 7) is 7.02. The van der Waals surface area contributed by atoms with Crippen LogP contribution in [0, 0.1) is 24.2 Å². The van der Waals surface area contributed by atoms with E-state index in [4.69, 9.17) is 42.4 Å². The quantitative estimate of drug-likeness (QED) is 0.340. The van der Waals surface area contributed by atoms with Crippen molar-refractivity contribution in [3.63, 3.8) is 0 Å². The monoisotopic (exact) mass is 583 g/mol. The third kappa shape index (κ3) is 6.01. The molecule has 2 aromatic heterocycles. The number of esters is 1. The Labute approximate surface area is 235 Å². The fraction of sp³-hybridized carbons (Fsp3) is 0.600. The summed E-state index contributed by atoms with van der Waals surface area (Å²) in [6.07, 6.45) is 0.680. The largest absolute Gasteiger partial charge is 0.462 e. The average molecular weight is 585 g/mol. The number of aromatic amines is 1. The highest BCUT2D eigenvalue weighted by molar-refractivity contribution is 7.17. The number of H-pyrrole nitrogens is 1. The van der Waals surface area contributed by atoms with Crippen LogP contribution in [0.1, 0.15) is 57.4 Å². The van der Waals surface area contributed by atoms with Crippen molar-refractivity contribution < 1.29 is 23.8 Å². The molecular weight excluding hydrogens is 553 g/mol. The van der Waals surface area contributed by atoms with Gasteiger partial charge in [0.2, 0.25) is 0 Å². The van der Waals surface area contributed by atoms with Crippen molar-refractivity contribution in [1.29, 1.82) is 5.26 Å². The van der Waals surface area contributed by atoms with E-state index < -0.39 is 12.0 Å². The van der Waals surface area contributed by atoms with Crippen LogP contribution in [0.4, 0.5) is 5.13 Å². The number of ether oxygens (including phenoxy) is 3. The van der Waals surface area contributed by atoms with Crippen LogP contribution in [-0.4, -0.2) is 85.8 Å². The molecule has 0 amide bonds. The summed E-state index contributed by atoms with van der Waals surface area (Å²) in [7, 11) is 1.62. The summed E-state index contributed by atoms with van der Waals surface area (Å²) in [6, 6.07) is 1.64. The molecule has 38 heavy (non-hydrogen) atoms. The molecule has 2 saturated heterocycles. The van der Waals surface area contributed by atoms with Crippen molar-refractivity contribution in [3.05, 3.63) is 32.0 Å². The molecule has 10 nitrogen and oxygen atoms in total. The molecule has 4 rings (SSSR count). The highest BCUT2D eigenvalue weighted by atomic mass is 35.5. The Morgan fingerprint density at radius 1 is 1.29 bits per heavy atom. The first-order chi connectivity index (χ1) is 18.3. The second-order valence-corrected chi connectivity index (χ2v) is 11.0. The summed E-state index contributed by atoms with van der Waals surface area (Å²) in [5.41, 5.74) is 1.39. The van der Waals surface area contributed by atoms with Crippen LogP contribution in [0.25, 0.3) is 0 Å². The Morgan fingerprint density at radius 3 is 2.63 bits per heavy atom. The van der Waals surface area contributed by atoms with E-state index in [-0.39, 0.29) is 35.9 Å². The average Bonchev–Trinajstić information content (AvgIpc) is 3.47. The van der Waals surface area contributed by atoms with Gasteiger partial charge >= 0.3 is 5.97 Å². The number of ketones is 1. The van der Waals surface area contributed by atoms with E-state index in [1.54, 1.807) is 21.0 Å². The molecule has 0 aliphatic carbocycles. The van der Waals surface area contributed by atoms with Crippen molar-refractivity contribution in [1.82, 2.24) is 14.9 Å². The van der Waals surface area contributed by atoms with Crippen molar-refractivity contribution in [2.45, 2.75) is 38.8 Å². The van der Waals surface area contributed by atoms with Crippen LogP contribution in [0.3, 0.4) is 0 Å². The van der Waals surface area contributed by atoms with E-state index >= 15 is 0 Å². The fourth-order valence-corrected chi connectivity index (χ4v) is 6.34. The van der Waals surface area contributed by atoms with E-state index in [0.29, 0.717) is 77.9 Å². The van der Waals surface area contributed by atoms with Crippen molar-refractivity contribution in [2.24, 2.45) is 5.92 Å². The van der Waals surface area contributed by atoms with Crippen LogP contribution in [0.15, 0.2) is 0 Å². The van der Waals surface area contributed by atoms with Gasteiger partial charge in [-0.25, -0.2) is 9.78 Å². The number of hydrogen-bond acceptors (Lipinski definition) is 10. The van der Waals surface area contributed by atoms with Crippen LogP contribution in [0.5, 0.6) is 0 Å². The number of hydrogen-bond donors (Lipinski definition) is 1. The number of aryl methyl sites for hydroxylation is 1. The maximum absolute atomic E-state index is 13.0. The molecular formula is C25H31Cl2N5O5S. The molecule has 2 aromatic rings. The van der Waals surface area contributed by atoms with Gasteiger partial charge in [-0.3, -0.25) is 9.69 Å². The molecule has 206 valence electrons. The SMILES string of the molecule is CCOC(=O)c1sc(N2CCC(CC(=O)c3[nH]c(C)c(Cl)c3Cl)C(OC)C2)nc1C(C#N)N1CCOCC1. The molecule has 0 spiro atoms. The van der Waals surface area contributed by atoms with Crippen LogP contribution in [0.2, 0.25) is 10.0 Å². The Balaban J connectivity index is 1.53. The molecule has 2 aliphatic rings. The van der Waals surface area contributed by atoms with Crippen LogP contribution < -0.4 is 4.90 Å². The maximum Gasteiger partial charge on any atom is 0.350 e. The molecule has 2 aliphatic heterocycles. The molecule has 3 atom stereocenters. The summed E-state index contributed by atoms with van der Waals surface area (Å²) in [5, 5.41) is 11.2. The second kappa shape index (κ2) is 12.8. The lowest BCUT2D eigenvalue weighted by molar-refractivity contribution is 0.0255. The molecule has 3 unspecified atom stereocenters. The number of nitrogens with zero attached hydrogens (tertiary/aromatic N) is 4. The van der Waals surface area contributed by atoms with Gasteiger partial charge in [-0.05, 0) is 26.2 Å². The maximum atomic E-state index is 13.0. The molecule has 0 aromatic carbocycles. The number of carbonyl (C=O) groups is 2. The number of thiazole rings is 1. The number of Topliss-reactive ketones (excluding diaryl/α,β-unsaturated/α-hetero) is 1. The zero-order chi connectivity index (χ0) is 27.4. The van der Waals surface area contributed by atoms with E-state index in [1.807, 2.05) is 9.80 Å². The molecule has 0 bridgehead atoms. The molecule has 0 radical (unpaired) electrons. The minimum atomic E-state index is -0.683. The predicted octanol–water partition coefficient (Wildman–Crippen LogP) is 4.27. The zero-order valence-corrected chi connectivity index (χ0v) is 23.9. The summed E-state index contributed by atoms with van der Waals surface area (Å²) < 4.78 is 16.5. The van der Waals surface area contributed by atoms with Gasteiger partial charge in [0, 0.05) is 45.4 Å². The number of anilines is 1. The normalized spacial score (nSPS) is 21.2. The van der Waals surface area contributed by atoms with Gasteiger partial charge < -0.3 is 24.1 Å². The number of rotatable bonds is 9. The van der Waals surface area contributed by atoms with Gasteiger partial charge in [-0.1, -0.05) is 34.5 Å². The van der Waals surface area contributed by atoms with E-state index in [2.05, 4.69) is 11.1 Å². The number of nitriles is 1. The number of nitrogens with one attached hydrogen (secondary N) is 1. The Bertz CT molecular complexity index is 1210. The highest BCUT2D eigenvalue weighted by Crippen LogP contribution is 2.37. The smallest absolute Gasteiger partial charge is 0.350 e. The van der Waals surface area contributed by atoms with Gasteiger partial charge in [-0.2, -0.15) is 5.26 Å². The molecule has 1 N–H and O–H groups in total. The minimum Gasteiger partial charge on any atom is -0.462 e. The first kappa shape index (κ1) is 28.8. The number of halogens is 2. The molecule has 2 fully saturated rings. The van der Waals surface area contributed by atoms with Crippen molar-refractivity contribution in [3.8, 4) is 6.07 Å². The topological polar surface area (TPSA) is 121 Å². The van der Waals surface area contributed by atoms with E-state index in [0.717, 1.165) is 0 Å². The van der Waals surface area contributed by atoms with Crippen molar-refractivity contribution in [2.75, 3.05) is 58.0 Å². The lowest BCUT2D eigenvalue weighted by Crippen LogP contribution is -2.45. The number of methoxy groups -OCH3 is 1. The third-order valence-electron chi connectivity index (χ3n) is 6.94. The van der Waals surface area contributed by atoms with Gasteiger partial charge in [0.1, 0.15) is 22.3 Å². The first-order valence-electron chi connectivity index (χ1n) is 12.5. The Kier molecular flexibility index (Phi) is 9.68. The van der Waals surface area contributed by atoms with Gasteiger partial charge in [0.15, 0.2) is 10.9 Å². The van der Waals surface area contributed by atoms with E-state index in [1.165, 1.54) is 11.3 Å². The number of morpholine rings is 1.